The molecule has 1 heterocycles. The summed E-state index contributed by atoms with van der Waals surface area (Å²) in [5.41, 5.74) is 0.271. The van der Waals surface area contributed by atoms with Gasteiger partial charge in [-0.05, 0) is 33.6 Å². The third-order valence-electron chi connectivity index (χ3n) is 3.07. The van der Waals surface area contributed by atoms with Crippen LogP contribution >= 0.6 is 11.3 Å². The van der Waals surface area contributed by atoms with E-state index in [2.05, 4.69) is 4.98 Å². The zero-order chi connectivity index (χ0) is 11.1. The van der Waals surface area contributed by atoms with Gasteiger partial charge in [-0.25, -0.2) is 4.98 Å². The Kier molecular flexibility index (Phi) is 2.86. The average Bonchev–Trinajstić information content (AvgIpc) is 2.68. The monoisotopic (exact) mass is 225 g/mol. The molecule has 1 aromatic rings. The fraction of sp³-hybridized carbons (Fsp3) is 0.750. The Morgan fingerprint density at radius 2 is 1.93 bits per heavy atom. The Balaban J connectivity index is 2.28. The van der Waals surface area contributed by atoms with Gasteiger partial charge < -0.3 is 5.11 Å². The fourth-order valence-corrected chi connectivity index (χ4v) is 3.57. The van der Waals surface area contributed by atoms with E-state index in [1.54, 1.807) is 11.3 Å². The van der Waals surface area contributed by atoms with E-state index in [0.717, 1.165) is 10.6 Å². The number of aryl methyl sites for hydroxylation is 1. The summed E-state index contributed by atoms with van der Waals surface area (Å²) in [6, 6.07) is 0. The van der Waals surface area contributed by atoms with Crippen molar-refractivity contribution in [3.05, 3.63) is 15.6 Å². The molecule has 0 aromatic carbocycles. The van der Waals surface area contributed by atoms with E-state index in [1.165, 1.54) is 30.7 Å². The topological polar surface area (TPSA) is 33.1 Å². The van der Waals surface area contributed by atoms with Crippen LogP contribution in [0.4, 0.5) is 0 Å². The second kappa shape index (κ2) is 3.87. The summed E-state index contributed by atoms with van der Waals surface area (Å²) in [7, 11) is 0. The molecule has 0 atom stereocenters. The Bertz CT molecular complexity index is 345. The van der Waals surface area contributed by atoms with Gasteiger partial charge in [0.25, 0.3) is 0 Å². The van der Waals surface area contributed by atoms with E-state index in [9.17, 15) is 5.11 Å². The lowest BCUT2D eigenvalue weighted by Crippen LogP contribution is -2.14. The predicted molar refractivity (Wildman–Crippen MR) is 63.3 cm³/mol. The lowest BCUT2D eigenvalue weighted by molar-refractivity contribution is 0.0817. The van der Waals surface area contributed by atoms with Crippen molar-refractivity contribution in [1.29, 1.82) is 0 Å². The van der Waals surface area contributed by atoms with Gasteiger partial charge in [0.15, 0.2) is 0 Å². The fourth-order valence-electron chi connectivity index (χ4n) is 2.33. The van der Waals surface area contributed by atoms with E-state index < -0.39 is 5.60 Å². The highest BCUT2D eigenvalue weighted by Crippen LogP contribution is 2.39. The van der Waals surface area contributed by atoms with Crippen molar-refractivity contribution in [3.8, 4) is 0 Å². The number of rotatable bonds is 2. The van der Waals surface area contributed by atoms with Gasteiger partial charge in [-0.3, -0.25) is 0 Å². The smallest absolute Gasteiger partial charge is 0.0963 e. The molecule has 0 spiro atoms. The van der Waals surface area contributed by atoms with Crippen LogP contribution in [0.3, 0.4) is 0 Å². The molecule has 1 saturated carbocycles. The van der Waals surface area contributed by atoms with Gasteiger partial charge in [-0.1, -0.05) is 12.8 Å². The molecular weight excluding hydrogens is 206 g/mol. The Morgan fingerprint density at radius 1 is 1.33 bits per heavy atom. The highest BCUT2D eigenvalue weighted by molar-refractivity contribution is 7.12. The summed E-state index contributed by atoms with van der Waals surface area (Å²) >= 11 is 1.70. The lowest BCUT2D eigenvalue weighted by atomic mass is 10.1. The number of hydrogen-bond donors (Lipinski definition) is 1. The molecule has 0 bridgehead atoms. The lowest BCUT2D eigenvalue weighted by Gasteiger charge is -2.15. The molecule has 15 heavy (non-hydrogen) atoms. The molecule has 0 saturated heterocycles. The van der Waals surface area contributed by atoms with Crippen LogP contribution in [0.5, 0.6) is 0 Å². The number of aromatic nitrogens is 1. The first kappa shape index (κ1) is 11.1. The third-order valence-corrected chi connectivity index (χ3v) is 4.71. The highest BCUT2D eigenvalue weighted by Gasteiger charge is 2.26. The van der Waals surface area contributed by atoms with E-state index >= 15 is 0 Å². The molecule has 0 amide bonds. The predicted octanol–water partition coefficient (Wildman–Crippen LogP) is 3.34. The van der Waals surface area contributed by atoms with Crippen LogP contribution < -0.4 is 0 Å². The second-order valence-corrected chi connectivity index (χ2v) is 6.04. The van der Waals surface area contributed by atoms with Gasteiger partial charge >= 0.3 is 0 Å². The summed E-state index contributed by atoms with van der Waals surface area (Å²) in [6.45, 7) is 5.68. The maximum atomic E-state index is 10.00. The summed E-state index contributed by atoms with van der Waals surface area (Å²) < 4.78 is 0. The molecule has 0 radical (unpaired) electrons. The number of thiazole rings is 1. The second-order valence-electron chi connectivity index (χ2n) is 5.01. The molecule has 2 nitrogen and oxygen atoms in total. The average molecular weight is 225 g/mol. The standard InChI is InChI=1S/C12H19NOS/c1-8-10(12(2,3)14)15-11(13-8)9-6-4-5-7-9/h9,14H,4-7H2,1-3H3. The summed E-state index contributed by atoms with van der Waals surface area (Å²) in [5.74, 6) is 0.657. The first-order valence-electron chi connectivity index (χ1n) is 5.68. The molecule has 84 valence electrons. The molecule has 2 rings (SSSR count). The van der Waals surface area contributed by atoms with E-state index in [1.807, 2.05) is 20.8 Å². The molecule has 0 aliphatic heterocycles. The minimum atomic E-state index is -0.737. The largest absolute Gasteiger partial charge is 0.385 e. The molecule has 1 aliphatic carbocycles. The van der Waals surface area contributed by atoms with Crippen molar-refractivity contribution >= 4 is 11.3 Å². The summed E-state index contributed by atoms with van der Waals surface area (Å²) in [6.07, 6.45) is 5.22. The van der Waals surface area contributed by atoms with Crippen LogP contribution in [0.25, 0.3) is 0 Å². The molecule has 0 unspecified atom stereocenters. The Hall–Kier alpha value is -0.410. The number of hydrogen-bond acceptors (Lipinski definition) is 3. The van der Waals surface area contributed by atoms with Crippen molar-refractivity contribution in [2.45, 2.75) is 58.0 Å². The maximum absolute atomic E-state index is 10.00. The Labute approximate surface area is 95.4 Å². The number of nitrogens with zero attached hydrogens (tertiary/aromatic N) is 1. The maximum Gasteiger partial charge on any atom is 0.0963 e. The van der Waals surface area contributed by atoms with Crippen molar-refractivity contribution in [3.63, 3.8) is 0 Å². The minimum Gasteiger partial charge on any atom is -0.385 e. The van der Waals surface area contributed by atoms with Gasteiger partial charge in [0, 0.05) is 5.92 Å². The molecule has 1 aliphatic rings. The van der Waals surface area contributed by atoms with Crippen LogP contribution in [0.2, 0.25) is 0 Å². The SMILES string of the molecule is Cc1nc(C2CCCC2)sc1C(C)(C)O. The number of aliphatic hydroxyl groups is 1. The molecular formula is C12H19NOS. The molecule has 1 N–H and O–H groups in total. The molecule has 1 aromatic heterocycles. The van der Waals surface area contributed by atoms with Gasteiger partial charge in [-0.15, -0.1) is 11.3 Å². The van der Waals surface area contributed by atoms with Crippen LogP contribution in [-0.2, 0) is 5.60 Å². The van der Waals surface area contributed by atoms with E-state index in [-0.39, 0.29) is 0 Å². The van der Waals surface area contributed by atoms with Crippen molar-refractivity contribution in [1.82, 2.24) is 4.98 Å². The van der Waals surface area contributed by atoms with E-state index in [0.29, 0.717) is 5.92 Å². The van der Waals surface area contributed by atoms with Crippen molar-refractivity contribution < 1.29 is 5.11 Å². The van der Waals surface area contributed by atoms with Crippen LogP contribution in [0.15, 0.2) is 0 Å². The highest BCUT2D eigenvalue weighted by atomic mass is 32.1. The normalized spacial score (nSPS) is 18.7. The van der Waals surface area contributed by atoms with Gasteiger partial charge in [-0.2, -0.15) is 0 Å². The van der Waals surface area contributed by atoms with Gasteiger partial charge in [0.1, 0.15) is 0 Å². The molecule has 3 heteroatoms. The van der Waals surface area contributed by atoms with Crippen molar-refractivity contribution in [2.24, 2.45) is 0 Å². The quantitative estimate of drug-likeness (QED) is 0.837. The zero-order valence-corrected chi connectivity index (χ0v) is 10.5. The van der Waals surface area contributed by atoms with Crippen molar-refractivity contribution in [2.75, 3.05) is 0 Å². The minimum absolute atomic E-state index is 0.657. The van der Waals surface area contributed by atoms with Crippen LogP contribution in [0.1, 0.15) is 61.0 Å². The Morgan fingerprint density at radius 3 is 2.40 bits per heavy atom. The summed E-state index contributed by atoms with van der Waals surface area (Å²) in [5, 5.41) is 11.2. The third kappa shape index (κ3) is 2.23. The first-order chi connectivity index (χ1) is 6.98. The van der Waals surface area contributed by atoms with E-state index in [4.69, 9.17) is 0 Å². The van der Waals surface area contributed by atoms with Crippen LogP contribution in [0, 0.1) is 6.92 Å². The van der Waals surface area contributed by atoms with Gasteiger partial charge in [0.05, 0.1) is 21.2 Å². The first-order valence-corrected chi connectivity index (χ1v) is 6.50. The zero-order valence-electron chi connectivity index (χ0n) is 9.71. The summed E-state index contributed by atoms with van der Waals surface area (Å²) in [4.78, 5) is 5.65. The van der Waals surface area contributed by atoms with Crippen LogP contribution in [-0.4, -0.2) is 10.1 Å². The molecule has 1 fully saturated rings. The van der Waals surface area contributed by atoms with Gasteiger partial charge in [0.2, 0.25) is 0 Å².